The molecule has 0 fully saturated rings. The fraction of sp³-hybridized carbons (Fsp3) is 0.111. The van der Waals surface area contributed by atoms with Gasteiger partial charge in [-0.25, -0.2) is 0 Å². The molecule has 0 radical (unpaired) electrons. The molecule has 1 amide bonds. The zero-order valence-electron chi connectivity index (χ0n) is 7.23. The fourth-order valence-electron chi connectivity index (χ4n) is 0.887. The summed E-state index contributed by atoms with van der Waals surface area (Å²) in [6.45, 7) is 0. The summed E-state index contributed by atoms with van der Waals surface area (Å²) in [5.74, 6) is -1.68. The average Bonchev–Trinajstić information content (AvgIpc) is 2.07. The molecule has 1 aromatic carbocycles. The van der Waals surface area contributed by atoms with Crippen molar-refractivity contribution in [2.75, 3.05) is 5.32 Å². The van der Waals surface area contributed by atoms with Crippen molar-refractivity contribution in [1.82, 2.24) is 0 Å². The molecule has 0 saturated carbocycles. The van der Waals surface area contributed by atoms with Crippen molar-refractivity contribution in [2.24, 2.45) is 0 Å². The third-order valence-corrected chi connectivity index (χ3v) is 1.76. The maximum atomic E-state index is 11.0. The monoisotopic (exact) mass is 211 g/mol. The molecule has 0 heterocycles. The predicted octanol–water partition coefficient (Wildman–Crippen LogP) is 1.39. The van der Waals surface area contributed by atoms with Gasteiger partial charge in [0.05, 0.1) is 0 Å². The lowest BCUT2D eigenvalue weighted by molar-refractivity contribution is -0.139. The third-order valence-electron chi connectivity index (χ3n) is 1.46. The third kappa shape index (κ3) is 3.49. The van der Waals surface area contributed by atoms with Crippen LogP contribution in [-0.2, 0) is 9.59 Å². The first-order chi connectivity index (χ1) is 6.58. The second-order valence-electron chi connectivity index (χ2n) is 2.67. The van der Waals surface area contributed by atoms with E-state index in [2.05, 4.69) is 17.9 Å². The van der Waals surface area contributed by atoms with Crippen LogP contribution in [0, 0.1) is 0 Å². The Kier molecular flexibility index (Phi) is 3.53. The first kappa shape index (κ1) is 10.6. The molecule has 0 aliphatic carbocycles. The Morgan fingerprint density at radius 1 is 1.29 bits per heavy atom. The predicted molar refractivity (Wildman–Crippen MR) is 54.6 cm³/mol. The lowest BCUT2D eigenvalue weighted by Gasteiger charge is -2.02. The summed E-state index contributed by atoms with van der Waals surface area (Å²) in [6.07, 6.45) is -0.525. The number of carboxylic acid groups (broad SMARTS) is 1. The van der Waals surface area contributed by atoms with Crippen molar-refractivity contribution in [2.45, 2.75) is 11.3 Å². The maximum Gasteiger partial charge on any atom is 0.312 e. The molecule has 5 heteroatoms. The Morgan fingerprint density at radius 3 is 2.36 bits per heavy atom. The number of hydrogen-bond acceptors (Lipinski definition) is 3. The van der Waals surface area contributed by atoms with Crippen LogP contribution >= 0.6 is 12.6 Å². The Bertz CT molecular complexity index is 348. The largest absolute Gasteiger partial charge is 0.481 e. The molecule has 1 aromatic rings. The van der Waals surface area contributed by atoms with E-state index in [1.54, 1.807) is 24.3 Å². The van der Waals surface area contributed by atoms with Gasteiger partial charge in [0.1, 0.15) is 6.42 Å². The van der Waals surface area contributed by atoms with Crippen LogP contribution in [0.5, 0.6) is 0 Å². The van der Waals surface area contributed by atoms with Crippen molar-refractivity contribution < 1.29 is 14.7 Å². The lowest BCUT2D eigenvalue weighted by atomic mass is 10.3. The minimum atomic E-state index is -1.15. The normalized spacial score (nSPS) is 9.50. The van der Waals surface area contributed by atoms with Gasteiger partial charge in [0, 0.05) is 10.6 Å². The lowest BCUT2D eigenvalue weighted by Crippen LogP contribution is -2.15. The molecule has 4 nitrogen and oxygen atoms in total. The molecular formula is C9H9NO3S. The van der Waals surface area contributed by atoms with Crippen molar-refractivity contribution in [3.05, 3.63) is 24.3 Å². The number of rotatable bonds is 3. The molecule has 0 spiro atoms. The minimum Gasteiger partial charge on any atom is -0.481 e. The number of hydrogen-bond donors (Lipinski definition) is 3. The summed E-state index contributed by atoms with van der Waals surface area (Å²) < 4.78 is 0. The van der Waals surface area contributed by atoms with Crippen LogP contribution in [0.4, 0.5) is 5.69 Å². The summed E-state index contributed by atoms with van der Waals surface area (Å²) in [7, 11) is 0. The first-order valence-corrected chi connectivity index (χ1v) is 4.33. The molecule has 14 heavy (non-hydrogen) atoms. The van der Waals surface area contributed by atoms with E-state index in [9.17, 15) is 9.59 Å². The SMILES string of the molecule is O=C(O)CC(=O)Nc1ccc(S)cc1. The molecule has 0 saturated heterocycles. The quantitative estimate of drug-likeness (QED) is 0.523. The molecule has 74 valence electrons. The van der Waals surface area contributed by atoms with E-state index in [1.165, 1.54) is 0 Å². The van der Waals surface area contributed by atoms with Gasteiger partial charge in [-0.05, 0) is 24.3 Å². The number of carboxylic acids is 1. The van der Waals surface area contributed by atoms with Crippen molar-refractivity contribution in [3.63, 3.8) is 0 Å². The molecule has 1 rings (SSSR count). The number of amides is 1. The Morgan fingerprint density at radius 2 is 1.86 bits per heavy atom. The molecule has 0 aliphatic heterocycles. The van der Waals surface area contributed by atoms with E-state index in [4.69, 9.17) is 5.11 Å². The minimum absolute atomic E-state index is 0.525. The van der Waals surface area contributed by atoms with Crippen LogP contribution in [0.2, 0.25) is 0 Å². The number of carbonyl (C=O) groups is 2. The van der Waals surface area contributed by atoms with E-state index in [-0.39, 0.29) is 0 Å². The maximum absolute atomic E-state index is 11.0. The van der Waals surface area contributed by atoms with E-state index in [1.807, 2.05) is 0 Å². The fourth-order valence-corrected chi connectivity index (χ4v) is 1.04. The summed E-state index contributed by atoms with van der Waals surface area (Å²) in [5, 5.41) is 10.8. The highest BCUT2D eigenvalue weighted by Crippen LogP contribution is 2.11. The molecule has 0 unspecified atom stereocenters. The molecule has 2 N–H and O–H groups in total. The average molecular weight is 211 g/mol. The summed E-state index contributed by atoms with van der Waals surface area (Å²) in [4.78, 5) is 22.0. The number of anilines is 1. The number of carbonyl (C=O) groups excluding carboxylic acids is 1. The van der Waals surface area contributed by atoms with Crippen LogP contribution in [0.15, 0.2) is 29.2 Å². The first-order valence-electron chi connectivity index (χ1n) is 3.88. The molecule has 0 aromatic heterocycles. The van der Waals surface area contributed by atoms with Gasteiger partial charge < -0.3 is 10.4 Å². The summed E-state index contributed by atoms with van der Waals surface area (Å²) >= 11 is 4.07. The Hall–Kier alpha value is -1.49. The zero-order valence-corrected chi connectivity index (χ0v) is 8.12. The number of nitrogens with one attached hydrogen (secondary N) is 1. The van der Waals surface area contributed by atoms with E-state index in [0.29, 0.717) is 5.69 Å². The van der Waals surface area contributed by atoms with Crippen molar-refractivity contribution in [1.29, 1.82) is 0 Å². The van der Waals surface area contributed by atoms with Gasteiger partial charge in [-0.2, -0.15) is 0 Å². The van der Waals surface area contributed by atoms with E-state index < -0.39 is 18.3 Å². The van der Waals surface area contributed by atoms with Gasteiger partial charge in [0.15, 0.2) is 0 Å². The molecule has 0 bridgehead atoms. The molecular weight excluding hydrogens is 202 g/mol. The molecule has 0 atom stereocenters. The summed E-state index contributed by atoms with van der Waals surface area (Å²) in [5.41, 5.74) is 0.564. The second kappa shape index (κ2) is 4.66. The van der Waals surface area contributed by atoms with Crippen LogP contribution in [-0.4, -0.2) is 17.0 Å². The van der Waals surface area contributed by atoms with Gasteiger partial charge in [0.2, 0.25) is 5.91 Å². The number of benzene rings is 1. The second-order valence-corrected chi connectivity index (χ2v) is 3.18. The van der Waals surface area contributed by atoms with Gasteiger partial charge in [0.25, 0.3) is 0 Å². The van der Waals surface area contributed by atoms with Crippen LogP contribution in [0.3, 0.4) is 0 Å². The van der Waals surface area contributed by atoms with Crippen LogP contribution in [0.25, 0.3) is 0 Å². The zero-order chi connectivity index (χ0) is 10.6. The summed E-state index contributed by atoms with van der Waals surface area (Å²) in [6, 6.07) is 6.73. The highest BCUT2D eigenvalue weighted by molar-refractivity contribution is 7.80. The number of thiol groups is 1. The van der Waals surface area contributed by atoms with Gasteiger partial charge in [-0.1, -0.05) is 0 Å². The van der Waals surface area contributed by atoms with Crippen molar-refractivity contribution in [3.8, 4) is 0 Å². The topological polar surface area (TPSA) is 66.4 Å². The van der Waals surface area contributed by atoms with Gasteiger partial charge in [-0.3, -0.25) is 9.59 Å². The van der Waals surface area contributed by atoms with Gasteiger partial charge in [-0.15, -0.1) is 12.6 Å². The van der Waals surface area contributed by atoms with Crippen LogP contribution < -0.4 is 5.32 Å². The Balaban J connectivity index is 2.56. The highest BCUT2D eigenvalue weighted by atomic mass is 32.1. The van der Waals surface area contributed by atoms with E-state index in [0.717, 1.165) is 4.90 Å². The standard InChI is InChI=1S/C9H9NO3S/c11-8(5-9(12)13)10-6-1-3-7(14)4-2-6/h1-4,14H,5H2,(H,10,11)(H,12,13). The van der Waals surface area contributed by atoms with Gasteiger partial charge >= 0.3 is 5.97 Å². The number of aliphatic carboxylic acids is 1. The molecule has 0 aliphatic rings. The van der Waals surface area contributed by atoms with Crippen LogP contribution in [0.1, 0.15) is 6.42 Å². The Labute approximate surface area is 86.3 Å². The smallest absolute Gasteiger partial charge is 0.312 e. The van der Waals surface area contributed by atoms with Crippen molar-refractivity contribution >= 4 is 30.2 Å². The highest BCUT2D eigenvalue weighted by Gasteiger charge is 2.06. The van der Waals surface area contributed by atoms with E-state index >= 15 is 0 Å².